The summed E-state index contributed by atoms with van der Waals surface area (Å²) < 4.78 is 6.46. The maximum Gasteiger partial charge on any atom is 0.173 e. The van der Waals surface area contributed by atoms with E-state index in [2.05, 4.69) is 48.0 Å². The molecule has 0 spiro atoms. The number of benzene rings is 1. The second-order valence-corrected chi connectivity index (χ2v) is 3.93. The Bertz CT molecular complexity index is 443. The van der Waals surface area contributed by atoms with Crippen molar-refractivity contribution in [1.29, 1.82) is 0 Å². The van der Waals surface area contributed by atoms with E-state index in [4.69, 9.17) is 4.42 Å². The molecule has 0 saturated heterocycles. The van der Waals surface area contributed by atoms with Crippen molar-refractivity contribution < 1.29 is 4.42 Å². The number of hydrogen-bond acceptors (Lipinski definition) is 1. The van der Waals surface area contributed by atoms with Gasteiger partial charge in [0.2, 0.25) is 0 Å². The first-order valence-electron chi connectivity index (χ1n) is 4.40. The van der Waals surface area contributed by atoms with Gasteiger partial charge in [-0.25, -0.2) is 0 Å². The molecule has 0 aliphatic rings. The van der Waals surface area contributed by atoms with Gasteiger partial charge < -0.3 is 4.42 Å². The maximum atomic E-state index is 5.59. The normalized spacial score (nSPS) is 11.0. The van der Waals surface area contributed by atoms with Crippen LogP contribution >= 0.6 is 15.9 Å². The Labute approximate surface area is 85.9 Å². The highest BCUT2D eigenvalue weighted by molar-refractivity contribution is 9.10. The third kappa shape index (κ3) is 1.39. The van der Waals surface area contributed by atoms with Gasteiger partial charge in [0.25, 0.3) is 0 Å². The van der Waals surface area contributed by atoms with E-state index >= 15 is 0 Å². The van der Waals surface area contributed by atoms with Gasteiger partial charge in [-0.05, 0) is 40.9 Å². The minimum atomic E-state index is 0.871. The molecule has 1 aromatic carbocycles. The third-order valence-corrected chi connectivity index (χ3v) is 2.89. The molecule has 2 heteroatoms. The molecule has 1 heterocycles. The van der Waals surface area contributed by atoms with E-state index in [1.54, 1.807) is 0 Å². The van der Waals surface area contributed by atoms with E-state index < -0.39 is 0 Å². The first kappa shape index (κ1) is 8.82. The number of fused-ring (bicyclic) bond motifs is 1. The average molecular weight is 239 g/mol. The molecule has 0 atom stereocenters. The fourth-order valence-electron chi connectivity index (χ4n) is 1.56. The summed E-state index contributed by atoms with van der Waals surface area (Å²) in [6, 6.07) is 6.31. The van der Waals surface area contributed by atoms with Crippen LogP contribution in [0.3, 0.4) is 0 Å². The summed E-state index contributed by atoms with van der Waals surface area (Å²) in [7, 11) is 0. The molecule has 0 radical (unpaired) electrons. The number of halogens is 1. The second-order valence-electron chi connectivity index (χ2n) is 3.21. The molecular weight excluding hydrogens is 228 g/mol. The minimum absolute atomic E-state index is 0.871. The highest BCUT2D eigenvalue weighted by Gasteiger charge is 2.09. The van der Waals surface area contributed by atoms with Crippen LogP contribution < -0.4 is 0 Å². The van der Waals surface area contributed by atoms with Gasteiger partial charge in [-0.2, -0.15) is 0 Å². The largest absolute Gasteiger partial charge is 0.449 e. The van der Waals surface area contributed by atoms with E-state index in [0.29, 0.717) is 0 Å². The van der Waals surface area contributed by atoms with Crippen LogP contribution in [0.2, 0.25) is 0 Å². The molecule has 2 rings (SSSR count). The Morgan fingerprint density at radius 2 is 2.15 bits per heavy atom. The Kier molecular flexibility index (Phi) is 2.16. The van der Waals surface area contributed by atoms with Crippen LogP contribution in [0.15, 0.2) is 27.3 Å². The van der Waals surface area contributed by atoms with E-state index in [1.807, 2.05) is 0 Å². The first-order chi connectivity index (χ1) is 6.22. The van der Waals surface area contributed by atoms with Crippen molar-refractivity contribution in [1.82, 2.24) is 0 Å². The standard InChI is InChI=1S/C11H11BrO/c1-3-8-9-5-4-7(2)6-10(9)13-11(8)12/h4-6H,3H2,1-2H3. The molecule has 0 saturated carbocycles. The lowest BCUT2D eigenvalue weighted by Crippen LogP contribution is -1.77. The van der Waals surface area contributed by atoms with Crippen molar-refractivity contribution in [3.8, 4) is 0 Å². The van der Waals surface area contributed by atoms with Crippen molar-refractivity contribution in [3.63, 3.8) is 0 Å². The summed E-state index contributed by atoms with van der Waals surface area (Å²) in [5.74, 6) is 0. The molecule has 0 unspecified atom stereocenters. The fourth-order valence-corrected chi connectivity index (χ4v) is 2.23. The third-order valence-electron chi connectivity index (χ3n) is 2.25. The summed E-state index contributed by atoms with van der Waals surface area (Å²) in [5, 5.41) is 1.22. The smallest absolute Gasteiger partial charge is 0.173 e. The summed E-state index contributed by atoms with van der Waals surface area (Å²) in [5.41, 5.74) is 3.47. The number of rotatable bonds is 1. The monoisotopic (exact) mass is 238 g/mol. The van der Waals surface area contributed by atoms with Gasteiger partial charge in [0.1, 0.15) is 5.58 Å². The molecule has 0 fully saturated rings. The van der Waals surface area contributed by atoms with Gasteiger partial charge >= 0.3 is 0 Å². The van der Waals surface area contributed by atoms with Gasteiger partial charge in [0, 0.05) is 10.9 Å². The van der Waals surface area contributed by atoms with Crippen LogP contribution in [0.1, 0.15) is 18.1 Å². The average Bonchev–Trinajstić information content (AvgIpc) is 2.39. The van der Waals surface area contributed by atoms with Gasteiger partial charge in [-0.3, -0.25) is 0 Å². The predicted octanol–water partition coefficient (Wildman–Crippen LogP) is 4.07. The molecule has 0 bridgehead atoms. The topological polar surface area (TPSA) is 13.1 Å². The van der Waals surface area contributed by atoms with Crippen molar-refractivity contribution in [2.45, 2.75) is 20.3 Å². The summed E-state index contributed by atoms with van der Waals surface area (Å²) >= 11 is 3.43. The lowest BCUT2D eigenvalue weighted by atomic mass is 10.1. The molecule has 0 aliphatic heterocycles. The molecule has 68 valence electrons. The summed E-state index contributed by atoms with van der Waals surface area (Å²) in [4.78, 5) is 0. The van der Waals surface area contributed by atoms with Crippen molar-refractivity contribution in [2.75, 3.05) is 0 Å². The Hall–Kier alpha value is -0.760. The van der Waals surface area contributed by atoms with Crippen molar-refractivity contribution in [3.05, 3.63) is 34.0 Å². The second kappa shape index (κ2) is 3.18. The Morgan fingerprint density at radius 3 is 2.85 bits per heavy atom. The minimum Gasteiger partial charge on any atom is -0.449 e. The summed E-state index contributed by atoms with van der Waals surface area (Å²) in [6.07, 6.45) is 0.997. The fraction of sp³-hybridized carbons (Fsp3) is 0.273. The van der Waals surface area contributed by atoms with E-state index in [0.717, 1.165) is 16.7 Å². The van der Waals surface area contributed by atoms with Crippen LogP contribution in [-0.4, -0.2) is 0 Å². The molecular formula is C11H11BrO. The van der Waals surface area contributed by atoms with Crippen LogP contribution in [0.25, 0.3) is 11.0 Å². The molecule has 2 aromatic rings. The lowest BCUT2D eigenvalue weighted by molar-refractivity contribution is 0.581. The quantitative estimate of drug-likeness (QED) is 0.731. The Morgan fingerprint density at radius 1 is 1.38 bits per heavy atom. The van der Waals surface area contributed by atoms with Gasteiger partial charge in [-0.1, -0.05) is 19.1 Å². The van der Waals surface area contributed by atoms with Crippen LogP contribution in [0.5, 0.6) is 0 Å². The maximum absolute atomic E-state index is 5.59. The predicted molar refractivity (Wildman–Crippen MR) is 58.0 cm³/mol. The number of hydrogen-bond donors (Lipinski definition) is 0. The molecule has 1 nitrogen and oxygen atoms in total. The zero-order valence-electron chi connectivity index (χ0n) is 7.73. The molecule has 0 N–H and O–H groups in total. The molecule has 1 aromatic heterocycles. The van der Waals surface area contributed by atoms with E-state index in [9.17, 15) is 0 Å². The molecule has 0 aliphatic carbocycles. The number of aryl methyl sites for hydroxylation is 2. The van der Waals surface area contributed by atoms with Gasteiger partial charge in [-0.15, -0.1) is 0 Å². The molecule has 0 amide bonds. The van der Waals surface area contributed by atoms with Crippen molar-refractivity contribution in [2.24, 2.45) is 0 Å². The SMILES string of the molecule is CCc1c(Br)oc2cc(C)ccc12. The zero-order valence-corrected chi connectivity index (χ0v) is 9.31. The van der Waals surface area contributed by atoms with Crippen LogP contribution in [-0.2, 0) is 6.42 Å². The van der Waals surface area contributed by atoms with Gasteiger partial charge in [0.15, 0.2) is 4.67 Å². The van der Waals surface area contributed by atoms with Crippen LogP contribution in [0, 0.1) is 6.92 Å². The highest BCUT2D eigenvalue weighted by atomic mass is 79.9. The lowest BCUT2D eigenvalue weighted by Gasteiger charge is -1.93. The van der Waals surface area contributed by atoms with E-state index in [1.165, 1.54) is 16.5 Å². The zero-order chi connectivity index (χ0) is 9.42. The highest BCUT2D eigenvalue weighted by Crippen LogP contribution is 2.30. The Balaban J connectivity index is 2.79. The number of furan rings is 1. The van der Waals surface area contributed by atoms with Crippen molar-refractivity contribution >= 4 is 26.9 Å². The first-order valence-corrected chi connectivity index (χ1v) is 5.19. The molecule has 13 heavy (non-hydrogen) atoms. The summed E-state index contributed by atoms with van der Waals surface area (Å²) in [6.45, 7) is 4.20. The van der Waals surface area contributed by atoms with E-state index in [-0.39, 0.29) is 0 Å². The van der Waals surface area contributed by atoms with Crippen LogP contribution in [0.4, 0.5) is 0 Å². The van der Waals surface area contributed by atoms with Gasteiger partial charge in [0.05, 0.1) is 0 Å².